The van der Waals surface area contributed by atoms with Crippen LogP contribution in [0.2, 0.25) is 5.31 Å². The first-order chi connectivity index (χ1) is 8.16. The molecule has 1 aromatic rings. The van der Waals surface area contributed by atoms with Gasteiger partial charge in [-0.25, -0.2) is 0 Å². The quantitative estimate of drug-likeness (QED) is 0.811. The van der Waals surface area contributed by atoms with E-state index in [1.54, 1.807) is 6.92 Å². The fourth-order valence-corrected chi connectivity index (χ4v) is 1.51. The van der Waals surface area contributed by atoms with Crippen LogP contribution in [0.3, 0.4) is 0 Å². The molecule has 1 rings (SSSR count). The molecule has 0 saturated heterocycles. The van der Waals surface area contributed by atoms with Crippen LogP contribution in [0.1, 0.15) is 46.2 Å². The largest absolute Gasteiger partial charge is 0.350 e. The van der Waals surface area contributed by atoms with Gasteiger partial charge in [0.05, 0.1) is 13.9 Å². The SMILES string of the molecule is [B]C(C)(C(=O)N[C@@H](C)c1ccccc1)C(C)(C)C. The van der Waals surface area contributed by atoms with Crippen molar-refractivity contribution in [2.75, 3.05) is 0 Å². The number of carbonyl (C=O) groups excluding carboxylic acids is 1. The second-order valence-corrected chi connectivity index (χ2v) is 6.06. The Morgan fingerprint density at radius 2 is 1.67 bits per heavy atom. The Balaban J connectivity index is 2.78. The van der Waals surface area contributed by atoms with Gasteiger partial charge in [-0.3, -0.25) is 4.79 Å². The summed E-state index contributed by atoms with van der Waals surface area (Å²) in [5.41, 5.74) is 0.795. The van der Waals surface area contributed by atoms with Gasteiger partial charge in [0.1, 0.15) is 0 Å². The molecule has 1 N–H and O–H groups in total. The van der Waals surface area contributed by atoms with Gasteiger partial charge in [-0.15, -0.1) is 0 Å². The molecule has 0 spiro atoms. The van der Waals surface area contributed by atoms with Crippen molar-refractivity contribution in [3.8, 4) is 0 Å². The van der Waals surface area contributed by atoms with E-state index in [1.165, 1.54) is 0 Å². The zero-order chi connectivity index (χ0) is 14.0. The maximum absolute atomic E-state index is 12.3. The maximum atomic E-state index is 12.3. The second-order valence-electron chi connectivity index (χ2n) is 6.06. The minimum absolute atomic E-state index is 0.0380. The van der Waals surface area contributed by atoms with Crippen LogP contribution in [-0.4, -0.2) is 13.8 Å². The lowest BCUT2D eigenvalue weighted by Gasteiger charge is -2.38. The van der Waals surface area contributed by atoms with Gasteiger partial charge < -0.3 is 5.32 Å². The molecule has 3 heteroatoms. The predicted octanol–water partition coefficient (Wildman–Crippen LogP) is 3.26. The summed E-state index contributed by atoms with van der Waals surface area (Å²) in [5.74, 6) is -0.119. The van der Waals surface area contributed by atoms with E-state index in [0.717, 1.165) is 5.56 Å². The first-order valence-corrected chi connectivity index (χ1v) is 6.31. The zero-order valence-electron chi connectivity index (χ0n) is 11.9. The predicted molar refractivity (Wildman–Crippen MR) is 76.6 cm³/mol. The molecule has 0 saturated carbocycles. The number of carbonyl (C=O) groups is 1. The first kappa shape index (κ1) is 14.8. The van der Waals surface area contributed by atoms with E-state index < -0.39 is 5.31 Å². The Morgan fingerprint density at radius 1 is 1.17 bits per heavy atom. The van der Waals surface area contributed by atoms with Crippen LogP contribution in [0, 0.1) is 5.41 Å². The summed E-state index contributed by atoms with van der Waals surface area (Å²) in [4.78, 5) is 12.3. The van der Waals surface area contributed by atoms with E-state index in [0.29, 0.717) is 0 Å². The van der Waals surface area contributed by atoms with Crippen LogP contribution in [0.15, 0.2) is 30.3 Å². The number of amides is 1. The summed E-state index contributed by atoms with van der Waals surface area (Å²) >= 11 is 0. The fourth-order valence-electron chi connectivity index (χ4n) is 1.51. The van der Waals surface area contributed by atoms with Gasteiger partial charge >= 0.3 is 0 Å². The van der Waals surface area contributed by atoms with Gasteiger partial charge in [0.2, 0.25) is 5.91 Å². The summed E-state index contributed by atoms with van der Waals surface area (Å²) in [6.45, 7) is 9.66. The van der Waals surface area contributed by atoms with Crippen molar-refractivity contribution in [1.82, 2.24) is 5.32 Å². The van der Waals surface area contributed by atoms with E-state index >= 15 is 0 Å². The van der Waals surface area contributed by atoms with E-state index in [-0.39, 0.29) is 17.4 Å². The molecule has 1 amide bonds. The van der Waals surface area contributed by atoms with Crippen molar-refractivity contribution in [1.29, 1.82) is 0 Å². The summed E-state index contributed by atoms with van der Waals surface area (Å²) in [6.07, 6.45) is 0. The van der Waals surface area contributed by atoms with Gasteiger partial charge in [-0.2, -0.15) is 0 Å². The lowest BCUT2D eigenvalue weighted by Crippen LogP contribution is -2.43. The summed E-state index contributed by atoms with van der Waals surface area (Å²) in [6, 6.07) is 9.84. The third-order valence-electron chi connectivity index (χ3n) is 3.68. The fraction of sp³-hybridized carbons (Fsp3) is 0.533. The third-order valence-corrected chi connectivity index (χ3v) is 3.68. The lowest BCUT2D eigenvalue weighted by molar-refractivity contribution is -0.127. The standard InChI is InChI=1S/C15H22BNO/c1-11(12-9-7-6-8-10-12)17-13(18)15(5,16)14(2,3)4/h6-11H,1-5H3,(H,17,18)/t11-,15?/m0/s1. The summed E-state index contributed by atoms with van der Waals surface area (Å²) in [7, 11) is 6.15. The molecular formula is C15H22BNO. The van der Waals surface area contributed by atoms with E-state index in [1.807, 2.05) is 58.0 Å². The molecular weight excluding hydrogens is 221 g/mol. The van der Waals surface area contributed by atoms with Crippen molar-refractivity contribution in [2.24, 2.45) is 5.41 Å². The Bertz CT molecular complexity index is 406. The maximum Gasteiger partial charge on any atom is 0.218 e. The minimum atomic E-state index is -0.893. The average molecular weight is 243 g/mol. The number of nitrogens with one attached hydrogen (secondary N) is 1. The highest BCUT2D eigenvalue weighted by Crippen LogP contribution is 2.42. The van der Waals surface area contributed by atoms with Crippen molar-refractivity contribution in [2.45, 2.75) is 46.0 Å². The normalized spacial score (nSPS) is 16.7. The van der Waals surface area contributed by atoms with E-state index in [4.69, 9.17) is 7.85 Å². The van der Waals surface area contributed by atoms with Crippen LogP contribution in [-0.2, 0) is 4.79 Å². The summed E-state index contributed by atoms with van der Waals surface area (Å²) in [5, 5.41) is 2.09. The third kappa shape index (κ3) is 3.15. The number of benzene rings is 1. The summed E-state index contributed by atoms with van der Waals surface area (Å²) < 4.78 is 0. The minimum Gasteiger partial charge on any atom is -0.350 e. The lowest BCUT2D eigenvalue weighted by atomic mass is 9.55. The molecule has 2 nitrogen and oxygen atoms in total. The highest BCUT2D eigenvalue weighted by molar-refractivity contribution is 6.28. The van der Waals surface area contributed by atoms with Gasteiger partial charge in [-0.05, 0) is 17.9 Å². The van der Waals surface area contributed by atoms with Crippen LogP contribution in [0.4, 0.5) is 0 Å². The molecule has 1 unspecified atom stereocenters. The molecule has 0 bridgehead atoms. The number of hydrogen-bond donors (Lipinski definition) is 1. The Kier molecular flexibility index (Phi) is 4.26. The Labute approximate surface area is 112 Å². The molecule has 0 aliphatic heterocycles. The molecule has 0 aromatic heterocycles. The monoisotopic (exact) mass is 243 g/mol. The topological polar surface area (TPSA) is 29.1 Å². The van der Waals surface area contributed by atoms with Crippen molar-refractivity contribution in [3.05, 3.63) is 35.9 Å². The molecule has 2 atom stereocenters. The highest BCUT2D eigenvalue weighted by Gasteiger charge is 2.39. The molecule has 1 aromatic carbocycles. The van der Waals surface area contributed by atoms with Crippen molar-refractivity contribution >= 4 is 13.8 Å². The van der Waals surface area contributed by atoms with Gasteiger partial charge in [0.15, 0.2) is 0 Å². The van der Waals surface area contributed by atoms with Gasteiger partial charge in [0, 0.05) is 5.31 Å². The zero-order valence-corrected chi connectivity index (χ0v) is 11.9. The molecule has 18 heavy (non-hydrogen) atoms. The molecule has 0 aliphatic carbocycles. The van der Waals surface area contributed by atoms with E-state index in [9.17, 15) is 4.79 Å². The second kappa shape index (κ2) is 5.17. The van der Waals surface area contributed by atoms with E-state index in [2.05, 4.69) is 5.32 Å². The molecule has 96 valence electrons. The Morgan fingerprint density at radius 3 is 2.11 bits per heavy atom. The Hall–Kier alpha value is -1.25. The van der Waals surface area contributed by atoms with Crippen molar-refractivity contribution in [3.63, 3.8) is 0 Å². The first-order valence-electron chi connectivity index (χ1n) is 6.31. The average Bonchev–Trinajstić information content (AvgIpc) is 2.28. The molecule has 2 radical (unpaired) electrons. The molecule has 0 aliphatic rings. The highest BCUT2D eigenvalue weighted by atomic mass is 16.2. The number of hydrogen-bond acceptors (Lipinski definition) is 1. The van der Waals surface area contributed by atoms with Crippen LogP contribution >= 0.6 is 0 Å². The van der Waals surface area contributed by atoms with Crippen molar-refractivity contribution < 1.29 is 4.79 Å². The van der Waals surface area contributed by atoms with Crippen LogP contribution in [0.25, 0.3) is 0 Å². The van der Waals surface area contributed by atoms with Gasteiger partial charge in [0.25, 0.3) is 0 Å². The van der Waals surface area contributed by atoms with Crippen LogP contribution < -0.4 is 5.32 Å². The molecule has 0 fully saturated rings. The van der Waals surface area contributed by atoms with Gasteiger partial charge in [-0.1, -0.05) is 58.0 Å². The number of rotatable bonds is 3. The smallest absolute Gasteiger partial charge is 0.218 e. The molecule has 0 heterocycles. The van der Waals surface area contributed by atoms with Crippen LogP contribution in [0.5, 0.6) is 0 Å².